The van der Waals surface area contributed by atoms with Crippen LogP contribution in [0.1, 0.15) is 44.1 Å². The van der Waals surface area contributed by atoms with E-state index in [0.29, 0.717) is 12.5 Å². The molecule has 0 fully saturated rings. The Morgan fingerprint density at radius 1 is 1.21 bits per heavy atom. The minimum Gasteiger partial charge on any atom is -0.345 e. The van der Waals surface area contributed by atoms with Crippen LogP contribution in [0.2, 0.25) is 0 Å². The summed E-state index contributed by atoms with van der Waals surface area (Å²) in [4.78, 5) is 8.28. The molecule has 0 saturated carbocycles. The van der Waals surface area contributed by atoms with E-state index in [1.807, 2.05) is 6.07 Å². The second-order valence-electron chi connectivity index (χ2n) is 4.89. The van der Waals surface area contributed by atoms with E-state index in [2.05, 4.69) is 43.1 Å². The Balaban J connectivity index is 2.37. The van der Waals surface area contributed by atoms with Gasteiger partial charge in [-0.3, -0.25) is 0 Å². The number of rotatable bonds is 6. The number of H-pyrrole nitrogens is 1. The summed E-state index contributed by atoms with van der Waals surface area (Å²) in [6.07, 6.45) is 3.17. The monoisotopic (exact) mass is 257 g/mol. The van der Waals surface area contributed by atoms with Crippen LogP contribution in [-0.4, -0.2) is 16.5 Å². The van der Waals surface area contributed by atoms with Gasteiger partial charge in [0.1, 0.15) is 5.82 Å². The lowest BCUT2D eigenvalue weighted by atomic mass is 10.0. The SMILES string of the molecule is CCCC(CN)c1nc(-c2ccccc2)c(CC)[nH]1. The van der Waals surface area contributed by atoms with Crippen molar-refractivity contribution >= 4 is 0 Å². The highest BCUT2D eigenvalue weighted by atomic mass is 14.9. The lowest BCUT2D eigenvalue weighted by molar-refractivity contribution is 0.594. The largest absolute Gasteiger partial charge is 0.345 e. The molecule has 3 heteroatoms. The predicted molar refractivity (Wildman–Crippen MR) is 80.1 cm³/mol. The molecule has 1 heterocycles. The van der Waals surface area contributed by atoms with Crippen LogP contribution in [-0.2, 0) is 6.42 Å². The van der Waals surface area contributed by atoms with Crippen LogP contribution in [0.5, 0.6) is 0 Å². The molecule has 0 spiro atoms. The predicted octanol–water partition coefficient (Wildman–Crippen LogP) is 3.48. The minimum absolute atomic E-state index is 0.341. The lowest BCUT2D eigenvalue weighted by Gasteiger charge is -2.09. The number of aromatic amines is 1. The molecule has 0 radical (unpaired) electrons. The molecule has 0 saturated heterocycles. The molecule has 1 aromatic heterocycles. The molecule has 1 aromatic carbocycles. The number of aromatic nitrogens is 2. The van der Waals surface area contributed by atoms with Crippen molar-refractivity contribution in [3.63, 3.8) is 0 Å². The molecule has 0 aliphatic heterocycles. The molecule has 0 aliphatic carbocycles. The minimum atomic E-state index is 0.341. The number of imidazole rings is 1. The van der Waals surface area contributed by atoms with Crippen molar-refractivity contribution in [1.29, 1.82) is 0 Å². The van der Waals surface area contributed by atoms with E-state index in [9.17, 15) is 0 Å². The van der Waals surface area contributed by atoms with Gasteiger partial charge in [-0.05, 0) is 12.8 Å². The van der Waals surface area contributed by atoms with Crippen LogP contribution in [0.4, 0.5) is 0 Å². The molecule has 3 N–H and O–H groups in total. The van der Waals surface area contributed by atoms with Crippen molar-refractivity contribution in [2.45, 2.75) is 39.0 Å². The van der Waals surface area contributed by atoms with Gasteiger partial charge >= 0.3 is 0 Å². The first-order chi connectivity index (χ1) is 9.30. The second-order valence-corrected chi connectivity index (χ2v) is 4.89. The Bertz CT molecular complexity index is 502. The van der Waals surface area contributed by atoms with Crippen LogP contribution >= 0.6 is 0 Å². The Morgan fingerprint density at radius 2 is 1.95 bits per heavy atom. The zero-order valence-electron chi connectivity index (χ0n) is 11.8. The number of nitrogens with one attached hydrogen (secondary N) is 1. The first kappa shape index (κ1) is 13.8. The summed E-state index contributed by atoms with van der Waals surface area (Å²) in [5, 5.41) is 0. The van der Waals surface area contributed by atoms with Gasteiger partial charge in [0.25, 0.3) is 0 Å². The molecule has 0 amide bonds. The molecule has 2 aromatic rings. The standard InChI is InChI=1S/C16H23N3/c1-3-8-13(11-17)16-18-14(4-2)15(19-16)12-9-6-5-7-10-12/h5-7,9-10,13H,3-4,8,11,17H2,1-2H3,(H,18,19). The van der Waals surface area contributed by atoms with Crippen LogP contribution in [0, 0.1) is 0 Å². The summed E-state index contributed by atoms with van der Waals surface area (Å²) in [5.41, 5.74) is 9.33. The van der Waals surface area contributed by atoms with E-state index in [1.165, 1.54) is 11.3 Å². The maximum atomic E-state index is 5.87. The molecule has 1 unspecified atom stereocenters. The average Bonchev–Trinajstić information content (AvgIpc) is 2.89. The lowest BCUT2D eigenvalue weighted by Crippen LogP contribution is -2.13. The van der Waals surface area contributed by atoms with Gasteiger partial charge in [-0.25, -0.2) is 4.98 Å². The fraction of sp³-hybridized carbons (Fsp3) is 0.438. The third-order valence-electron chi connectivity index (χ3n) is 3.51. The Labute approximate surface area is 115 Å². The molecular weight excluding hydrogens is 234 g/mol. The van der Waals surface area contributed by atoms with Crippen molar-refractivity contribution in [3.8, 4) is 11.3 Å². The highest BCUT2D eigenvalue weighted by molar-refractivity contribution is 5.62. The van der Waals surface area contributed by atoms with E-state index in [1.54, 1.807) is 0 Å². The quantitative estimate of drug-likeness (QED) is 0.832. The summed E-state index contributed by atoms with van der Waals surface area (Å²) in [5.74, 6) is 1.38. The van der Waals surface area contributed by atoms with Gasteiger partial charge in [0.05, 0.1) is 5.69 Å². The van der Waals surface area contributed by atoms with Crippen molar-refractivity contribution in [1.82, 2.24) is 9.97 Å². The summed E-state index contributed by atoms with van der Waals surface area (Å²) in [6, 6.07) is 10.3. The number of nitrogens with two attached hydrogens (primary N) is 1. The first-order valence-electron chi connectivity index (χ1n) is 7.14. The zero-order chi connectivity index (χ0) is 13.7. The maximum absolute atomic E-state index is 5.87. The summed E-state index contributed by atoms with van der Waals surface area (Å²) < 4.78 is 0. The van der Waals surface area contributed by atoms with E-state index in [-0.39, 0.29) is 0 Å². The van der Waals surface area contributed by atoms with E-state index in [4.69, 9.17) is 10.7 Å². The zero-order valence-corrected chi connectivity index (χ0v) is 11.8. The fourth-order valence-electron chi connectivity index (χ4n) is 2.43. The van der Waals surface area contributed by atoms with Crippen LogP contribution in [0.15, 0.2) is 30.3 Å². The van der Waals surface area contributed by atoms with Gasteiger partial charge in [0.15, 0.2) is 0 Å². The van der Waals surface area contributed by atoms with Gasteiger partial charge in [-0.1, -0.05) is 50.6 Å². The fourth-order valence-corrected chi connectivity index (χ4v) is 2.43. The number of hydrogen-bond donors (Lipinski definition) is 2. The van der Waals surface area contributed by atoms with Crippen molar-refractivity contribution in [3.05, 3.63) is 41.9 Å². The molecule has 0 aliphatic rings. The van der Waals surface area contributed by atoms with Crippen LogP contribution in [0.3, 0.4) is 0 Å². The summed E-state index contributed by atoms with van der Waals surface area (Å²) >= 11 is 0. The topological polar surface area (TPSA) is 54.7 Å². The molecular formula is C16H23N3. The van der Waals surface area contributed by atoms with Crippen molar-refractivity contribution in [2.24, 2.45) is 5.73 Å². The average molecular weight is 257 g/mol. The first-order valence-corrected chi connectivity index (χ1v) is 7.14. The highest BCUT2D eigenvalue weighted by Gasteiger charge is 2.16. The number of aryl methyl sites for hydroxylation is 1. The highest BCUT2D eigenvalue weighted by Crippen LogP contribution is 2.26. The molecule has 0 bridgehead atoms. The Morgan fingerprint density at radius 3 is 2.53 bits per heavy atom. The van der Waals surface area contributed by atoms with Gasteiger partial charge in [0.2, 0.25) is 0 Å². The van der Waals surface area contributed by atoms with E-state index < -0.39 is 0 Å². The van der Waals surface area contributed by atoms with Crippen LogP contribution < -0.4 is 5.73 Å². The third-order valence-corrected chi connectivity index (χ3v) is 3.51. The van der Waals surface area contributed by atoms with E-state index in [0.717, 1.165) is 30.8 Å². The normalized spacial score (nSPS) is 12.6. The van der Waals surface area contributed by atoms with Crippen molar-refractivity contribution in [2.75, 3.05) is 6.54 Å². The molecule has 102 valence electrons. The smallest absolute Gasteiger partial charge is 0.111 e. The third kappa shape index (κ3) is 3.04. The summed E-state index contributed by atoms with van der Waals surface area (Å²) in [7, 11) is 0. The van der Waals surface area contributed by atoms with Crippen LogP contribution in [0.25, 0.3) is 11.3 Å². The number of benzene rings is 1. The second kappa shape index (κ2) is 6.53. The molecule has 19 heavy (non-hydrogen) atoms. The molecule has 1 atom stereocenters. The summed E-state index contributed by atoms with van der Waals surface area (Å²) in [6.45, 7) is 4.99. The Kier molecular flexibility index (Phi) is 4.74. The molecule has 2 rings (SSSR count). The number of nitrogens with zero attached hydrogens (tertiary/aromatic N) is 1. The van der Waals surface area contributed by atoms with Crippen molar-refractivity contribution < 1.29 is 0 Å². The maximum Gasteiger partial charge on any atom is 0.111 e. The van der Waals surface area contributed by atoms with Gasteiger partial charge in [-0.2, -0.15) is 0 Å². The number of hydrogen-bond acceptors (Lipinski definition) is 2. The van der Waals surface area contributed by atoms with E-state index >= 15 is 0 Å². The molecule has 3 nitrogen and oxygen atoms in total. The Hall–Kier alpha value is -1.61. The van der Waals surface area contributed by atoms with Gasteiger partial charge < -0.3 is 10.7 Å². The van der Waals surface area contributed by atoms with Gasteiger partial charge in [0, 0.05) is 23.7 Å². The van der Waals surface area contributed by atoms with Gasteiger partial charge in [-0.15, -0.1) is 0 Å².